The molecule has 8 heteroatoms. The molecule has 0 spiro atoms. The number of hydrogen-bond donors (Lipinski definition) is 1. The van der Waals surface area contributed by atoms with Gasteiger partial charge in [0.15, 0.2) is 0 Å². The molecule has 0 saturated carbocycles. The van der Waals surface area contributed by atoms with Crippen LogP contribution < -0.4 is 10.1 Å². The van der Waals surface area contributed by atoms with Crippen molar-refractivity contribution in [2.45, 2.75) is 27.0 Å². The molecule has 0 aliphatic carbocycles. The maximum absolute atomic E-state index is 11.7. The van der Waals surface area contributed by atoms with Crippen molar-refractivity contribution in [2.75, 3.05) is 6.54 Å². The Morgan fingerprint density at radius 2 is 1.82 bits per heavy atom. The maximum Gasteiger partial charge on any atom is 0.246 e. The van der Waals surface area contributed by atoms with Gasteiger partial charge >= 0.3 is 0 Å². The molecule has 1 amide bonds. The Morgan fingerprint density at radius 1 is 1.14 bits per heavy atom. The zero-order chi connectivity index (χ0) is 20.1. The summed E-state index contributed by atoms with van der Waals surface area (Å²) in [7, 11) is 0. The summed E-state index contributed by atoms with van der Waals surface area (Å²) in [4.78, 5) is 13.5. The van der Waals surface area contributed by atoms with Crippen LogP contribution in [0.4, 0.5) is 0 Å². The third kappa shape index (κ3) is 5.24. The van der Waals surface area contributed by atoms with Crippen LogP contribution >= 0.6 is 23.2 Å². The molecule has 1 fully saturated rings. The topological polar surface area (TPSA) is 66.3 Å². The van der Waals surface area contributed by atoms with E-state index in [9.17, 15) is 4.79 Å². The summed E-state index contributed by atoms with van der Waals surface area (Å²) < 4.78 is 5.79. The second-order valence-electron chi connectivity index (χ2n) is 6.51. The zero-order valence-corrected chi connectivity index (χ0v) is 17.1. The van der Waals surface area contributed by atoms with Crippen molar-refractivity contribution < 1.29 is 9.53 Å². The smallest absolute Gasteiger partial charge is 0.246 e. The van der Waals surface area contributed by atoms with E-state index in [1.54, 1.807) is 18.2 Å². The molecule has 0 bridgehead atoms. The summed E-state index contributed by atoms with van der Waals surface area (Å²) in [5, 5.41) is 12.0. The highest BCUT2D eigenvalue weighted by atomic mass is 35.5. The van der Waals surface area contributed by atoms with E-state index >= 15 is 0 Å². The van der Waals surface area contributed by atoms with Gasteiger partial charge < -0.3 is 9.64 Å². The lowest BCUT2D eigenvalue weighted by atomic mass is 10.2. The SMILES string of the molecule is CC(C)=NN=C1NC(=O)CN1Cc1ccc(OCc2c(Cl)cccc2Cl)cc1. The van der Waals surface area contributed by atoms with Gasteiger partial charge in [-0.3, -0.25) is 10.1 Å². The van der Waals surface area contributed by atoms with E-state index in [1.165, 1.54) is 0 Å². The molecule has 0 unspecified atom stereocenters. The van der Waals surface area contributed by atoms with Crippen LogP contribution in [0.1, 0.15) is 25.0 Å². The molecular formula is C20H20Cl2N4O2. The van der Waals surface area contributed by atoms with Crippen molar-refractivity contribution >= 4 is 40.8 Å². The van der Waals surface area contributed by atoms with Crippen molar-refractivity contribution in [3.05, 3.63) is 63.6 Å². The molecule has 28 heavy (non-hydrogen) atoms. The van der Waals surface area contributed by atoms with Gasteiger partial charge in [-0.25, -0.2) is 0 Å². The molecule has 1 saturated heterocycles. The molecule has 1 heterocycles. The largest absolute Gasteiger partial charge is 0.489 e. The maximum atomic E-state index is 11.7. The zero-order valence-electron chi connectivity index (χ0n) is 15.6. The Balaban J connectivity index is 1.63. The average Bonchev–Trinajstić information content (AvgIpc) is 3.00. The summed E-state index contributed by atoms with van der Waals surface area (Å²) in [6, 6.07) is 13.0. The minimum Gasteiger partial charge on any atom is -0.489 e. The number of carbonyl (C=O) groups is 1. The van der Waals surface area contributed by atoms with Crippen molar-refractivity contribution in [1.82, 2.24) is 10.2 Å². The van der Waals surface area contributed by atoms with Gasteiger partial charge in [0.1, 0.15) is 18.9 Å². The lowest BCUT2D eigenvalue weighted by Gasteiger charge is -2.16. The van der Waals surface area contributed by atoms with Crippen LogP contribution in [0.5, 0.6) is 5.75 Å². The molecule has 1 aliphatic rings. The van der Waals surface area contributed by atoms with Crippen LogP contribution in [0.2, 0.25) is 10.0 Å². The monoisotopic (exact) mass is 418 g/mol. The second kappa shape index (κ2) is 9.08. The van der Waals surface area contributed by atoms with Gasteiger partial charge in [-0.15, -0.1) is 5.10 Å². The van der Waals surface area contributed by atoms with E-state index in [1.807, 2.05) is 43.0 Å². The lowest BCUT2D eigenvalue weighted by molar-refractivity contribution is -0.118. The Bertz CT molecular complexity index is 902. The molecule has 2 aromatic carbocycles. The molecular weight excluding hydrogens is 399 g/mol. The van der Waals surface area contributed by atoms with Crippen LogP contribution in [0.25, 0.3) is 0 Å². The number of halogens is 2. The number of amides is 1. The number of carbonyl (C=O) groups excluding carboxylic acids is 1. The standard InChI is InChI=1S/C20H20Cl2N4O2/c1-13(2)24-25-20-23-19(27)11-26(20)10-14-6-8-15(9-7-14)28-12-16-17(21)4-3-5-18(16)22/h3-9H,10-12H2,1-2H3,(H,23,25,27). The normalized spacial score (nSPS) is 14.9. The Kier molecular flexibility index (Phi) is 6.54. The summed E-state index contributed by atoms with van der Waals surface area (Å²) in [5.41, 5.74) is 2.59. The van der Waals surface area contributed by atoms with Crippen LogP contribution in [-0.4, -0.2) is 29.0 Å². The predicted molar refractivity (Wildman–Crippen MR) is 112 cm³/mol. The van der Waals surface area contributed by atoms with E-state index < -0.39 is 0 Å². The highest BCUT2D eigenvalue weighted by Crippen LogP contribution is 2.26. The van der Waals surface area contributed by atoms with Crippen molar-refractivity contribution in [3.63, 3.8) is 0 Å². The Morgan fingerprint density at radius 3 is 2.46 bits per heavy atom. The van der Waals surface area contributed by atoms with Crippen LogP contribution in [0, 0.1) is 0 Å². The van der Waals surface area contributed by atoms with E-state index in [0.29, 0.717) is 28.3 Å². The third-order valence-electron chi connectivity index (χ3n) is 3.97. The summed E-state index contributed by atoms with van der Waals surface area (Å²) in [6.45, 7) is 4.76. The van der Waals surface area contributed by atoms with Crippen LogP contribution in [0.15, 0.2) is 52.7 Å². The molecule has 0 atom stereocenters. The molecule has 0 aromatic heterocycles. The van der Waals surface area contributed by atoms with Gasteiger partial charge in [0.05, 0.1) is 0 Å². The average molecular weight is 419 g/mol. The number of rotatable bonds is 6. The quantitative estimate of drug-likeness (QED) is 0.562. The number of ether oxygens (including phenoxy) is 1. The molecule has 6 nitrogen and oxygen atoms in total. The van der Waals surface area contributed by atoms with Gasteiger partial charge in [0.2, 0.25) is 11.9 Å². The van der Waals surface area contributed by atoms with E-state index in [0.717, 1.165) is 16.8 Å². The number of nitrogens with zero attached hydrogens (tertiary/aromatic N) is 3. The Labute approximate surface area is 173 Å². The van der Waals surface area contributed by atoms with Crippen molar-refractivity contribution in [2.24, 2.45) is 10.2 Å². The van der Waals surface area contributed by atoms with Gasteiger partial charge in [0, 0.05) is 27.9 Å². The molecule has 1 aliphatic heterocycles. The molecule has 3 rings (SSSR count). The fourth-order valence-electron chi connectivity index (χ4n) is 2.60. The third-order valence-corrected chi connectivity index (χ3v) is 4.68. The first kappa shape index (κ1) is 20.2. The highest BCUT2D eigenvalue weighted by Gasteiger charge is 2.25. The van der Waals surface area contributed by atoms with Crippen LogP contribution in [-0.2, 0) is 17.9 Å². The van der Waals surface area contributed by atoms with Crippen molar-refractivity contribution in [1.29, 1.82) is 0 Å². The molecule has 146 valence electrons. The number of guanidine groups is 1. The summed E-state index contributed by atoms with van der Waals surface area (Å²) in [5.74, 6) is 1.06. The van der Waals surface area contributed by atoms with Gasteiger partial charge in [-0.05, 0) is 43.7 Å². The fraction of sp³-hybridized carbons (Fsp3) is 0.250. The number of nitrogens with one attached hydrogen (secondary N) is 1. The minimum atomic E-state index is -0.0979. The minimum absolute atomic E-state index is 0.0979. The van der Waals surface area contributed by atoms with E-state index in [2.05, 4.69) is 15.5 Å². The first-order valence-corrected chi connectivity index (χ1v) is 9.46. The second-order valence-corrected chi connectivity index (χ2v) is 7.32. The van der Waals surface area contributed by atoms with Crippen LogP contribution in [0.3, 0.4) is 0 Å². The fourth-order valence-corrected chi connectivity index (χ4v) is 3.10. The molecule has 0 radical (unpaired) electrons. The highest BCUT2D eigenvalue weighted by molar-refractivity contribution is 6.35. The first-order valence-electron chi connectivity index (χ1n) is 8.70. The lowest BCUT2D eigenvalue weighted by Crippen LogP contribution is -2.29. The van der Waals surface area contributed by atoms with Gasteiger partial charge in [0.25, 0.3) is 0 Å². The summed E-state index contributed by atoms with van der Waals surface area (Å²) in [6.07, 6.45) is 0. The molecule has 1 N–H and O–H groups in total. The predicted octanol–water partition coefficient (Wildman–Crippen LogP) is 4.26. The first-order chi connectivity index (χ1) is 13.4. The van der Waals surface area contributed by atoms with E-state index in [-0.39, 0.29) is 19.1 Å². The van der Waals surface area contributed by atoms with Gasteiger partial charge in [-0.2, -0.15) is 5.10 Å². The van der Waals surface area contributed by atoms with E-state index in [4.69, 9.17) is 27.9 Å². The number of benzene rings is 2. The van der Waals surface area contributed by atoms with Crippen molar-refractivity contribution in [3.8, 4) is 5.75 Å². The Hall–Kier alpha value is -2.57. The number of hydrogen-bond acceptors (Lipinski definition) is 4. The summed E-state index contributed by atoms with van der Waals surface area (Å²) >= 11 is 12.3. The van der Waals surface area contributed by atoms with Gasteiger partial charge in [-0.1, -0.05) is 41.4 Å². The molecule has 2 aromatic rings.